The minimum absolute atomic E-state index is 0.0353. The molecule has 0 unspecified atom stereocenters. The molecule has 0 saturated carbocycles. The zero-order valence-corrected chi connectivity index (χ0v) is 65.1. The number of hydrogen-bond acceptors (Lipinski definition) is 24. The number of carbonyl (C=O) groups is 12. The molecule has 628 valence electrons. The van der Waals surface area contributed by atoms with Crippen LogP contribution in [0.1, 0.15) is 231 Å². The molecule has 7 heterocycles. The van der Waals surface area contributed by atoms with Gasteiger partial charge in [-0.25, -0.2) is 19.8 Å². The third-order valence-electron chi connectivity index (χ3n) is 19.0. The van der Waals surface area contributed by atoms with E-state index in [4.69, 9.17) is 16.3 Å². The minimum atomic E-state index is -4.98. The Bertz CT molecular complexity index is 3120. The lowest BCUT2D eigenvalue weighted by atomic mass is 10.0. The fourth-order valence-corrected chi connectivity index (χ4v) is 17.5. The van der Waals surface area contributed by atoms with Gasteiger partial charge in [-0.2, -0.15) is 74.8 Å². The number of nitrogens with one attached hydrogen (secondary N) is 9. The number of thioether (sulfide) groups is 3. The van der Waals surface area contributed by atoms with Crippen LogP contribution in [0.15, 0.2) is 15.0 Å². The van der Waals surface area contributed by atoms with Gasteiger partial charge in [0, 0.05) is 130 Å². The summed E-state index contributed by atoms with van der Waals surface area (Å²) >= 11 is 5.01. The van der Waals surface area contributed by atoms with E-state index in [2.05, 4.69) is 46.9 Å². The summed E-state index contributed by atoms with van der Waals surface area (Å²) in [6, 6.07) is -1.06. The van der Waals surface area contributed by atoms with Crippen molar-refractivity contribution < 1.29 is 102 Å². The maximum absolute atomic E-state index is 12.5. The van der Waals surface area contributed by atoms with Crippen molar-refractivity contribution in [3.8, 4) is 0 Å². The van der Waals surface area contributed by atoms with Gasteiger partial charge in [-0.05, 0) is 116 Å². The Morgan fingerprint density at radius 3 is 1.15 bits per heavy atom. The van der Waals surface area contributed by atoms with Gasteiger partial charge in [-0.15, -0.1) is 5.06 Å². The molecule has 13 N–H and O–H groups in total. The lowest BCUT2D eigenvalue weighted by Crippen LogP contribution is -2.48. The summed E-state index contributed by atoms with van der Waals surface area (Å²) in [5.41, 5.74) is 10.8. The number of hydrogen-bond donors (Lipinski definition) is 11. The molecule has 0 bridgehead atoms. The van der Waals surface area contributed by atoms with Crippen LogP contribution in [0.4, 0.5) is 39.5 Å². The SMILES string of the molecule is NCCCCCC(=O)CCCNC(=O)CCCCCN.O=C(CCCCCCC(=O)NCCCC(=O)CCCCCNC(=O)CCCC[C@@H]1SC[C@@H]2NC(NC(=O)C(F)(F)F)=N[C@@H]21)CCCC[C@@H]1SC[C@@H]2N=C(NC(=O)C(F)(F)F)N[C@@H]21.O=C(CCCC[C@@H]1SC[C@@H]2NC(NC(=O)C(F)(F)F)=N[C@@H]21)ON1C(=O)CCC1=O. The average Bonchev–Trinajstić information content (AvgIpc) is 1.67. The van der Waals surface area contributed by atoms with E-state index in [0.29, 0.717) is 151 Å². The van der Waals surface area contributed by atoms with Gasteiger partial charge in [0.1, 0.15) is 17.3 Å². The number of Topliss-reactive ketones (excluding diaryl/α,β-unsaturated/α-hetero) is 3. The van der Waals surface area contributed by atoms with Gasteiger partial charge in [0.15, 0.2) is 17.9 Å². The van der Waals surface area contributed by atoms with Crippen molar-refractivity contribution in [3.63, 3.8) is 0 Å². The lowest BCUT2D eigenvalue weighted by molar-refractivity contribution is -0.197. The first-order chi connectivity index (χ1) is 52.8. The monoisotopic (exact) mass is 1650 g/mol. The zero-order valence-electron chi connectivity index (χ0n) is 62.7. The molecule has 7 aliphatic rings. The molecule has 9 atom stereocenters. The van der Waals surface area contributed by atoms with Crippen LogP contribution in [-0.4, -0.2) is 214 Å². The van der Waals surface area contributed by atoms with Crippen LogP contribution >= 0.6 is 35.3 Å². The van der Waals surface area contributed by atoms with E-state index >= 15 is 0 Å². The number of fused-ring (bicyclic) bond motifs is 3. The second kappa shape index (κ2) is 50.4. The van der Waals surface area contributed by atoms with Gasteiger partial charge in [0.2, 0.25) is 17.7 Å². The van der Waals surface area contributed by atoms with Crippen molar-refractivity contribution >= 4 is 124 Å². The highest BCUT2D eigenvalue weighted by atomic mass is 32.2. The number of rotatable bonds is 47. The summed E-state index contributed by atoms with van der Waals surface area (Å²) in [5, 5.41) is 23.3. The summed E-state index contributed by atoms with van der Waals surface area (Å²) in [6.45, 7) is 2.96. The van der Waals surface area contributed by atoms with Crippen LogP contribution in [0, 0.1) is 0 Å². The molecule has 4 fully saturated rings. The number of halogens is 9. The fraction of sp³-hybridized carbons (Fsp3) is 0.789. The molecule has 4 saturated heterocycles. The van der Waals surface area contributed by atoms with E-state index in [-0.39, 0.29) is 118 Å². The van der Waals surface area contributed by atoms with Crippen LogP contribution in [0.3, 0.4) is 0 Å². The van der Waals surface area contributed by atoms with Gasteiger partial charge in [-0.3, -0.25) is 68.7 Å². The molecule has 0 aromatic rings. The standard InChI is InChI=1S/C40H60F6N8O6S2.C16H19F3N4O5S.C15H31N3O2/c41-39(42,43)35(59)53-37-49-27-23-61-29(33(27)51-37)17-8-7-15-25(55)13-4-1-2-6-19-31(57)48-22-12-16-26(56)14-5-3-11-21-47-32(58)20-10-9-18-30-34-28(24-62-30)50-38(52-34)54-36(60)40(44,45)46;17-16(18,19)14(27)22-15-20-8-7-29-9(13(8)21-15)3-1-2-4-12(26)28-23-10(24)5-6-11(23)25;16-11-5-1-3-8-14(19)9-7-13-18-15(20)10-4-2-6-12-17/h27-30,33-34H,1-24H2,(H,47,58)(H,48,57)(H2,49,51,53,59)(H2,50,52,54,60);8-9,13H,1-7H2,(H2,20,21,22,27);1-13,16-17H2,(H,18,20)/t27-,28-,29-,30-,33-,34-;8-,9-,13-;/m00./s1. The van der Waals surface area contributed by atoms with Crippen molar-refractivity contribution in [3.05, 3.63) is 0 Å². The molecule has 28 nitrogen and oxygen atoms in total. The second-order valence-electron chi connectivity index (χ2n) is 28.2. The molecule has 111 heavy (non-hydrogen) atoms. The number of unbranched alkanes of at least 4 members (excludes halogenated alkanes) is 12. The number of imide groups is 1. The summed E-state index contributed by atoms with van der Waals surface area (Å²) < 4.78 is 112. The Kier molecular flexibility index (Phi) is 43.1. The number of ketones is 3. The Morgan fingerprint density at radius 2 is 0.739 bits per heavy atom. The maximum atomic E-state index is 12.5. The lowest BCUT2D eigenvalue weighted by Gasteiger charge is -2.19. The van der Waals surface area contributed by atoms with Crippen molar-refractivity contribution in [1.29, 1.82) is 0 Å². The quantitative estimate of drug-likeness (QED) is 0.0162. The topological polar surface area (TPSA) is 415 Å². The van der Waals surface area contributed by atoms with Gasteiger partial charge >= 0.3 is 42.2 Å². The molecule has 0 spiro atoms. The smallest absolute Gasteiger partial charge is 0.356 e. The molecule has 40 heteroatoms. The molecular weight excluding hydrogens is 1540 g/mol. The summed E-state index contributed by atoms with van der Waals surface area (Å²) in [6.07, 6.45) is 8.52. The van der Waals surface area contributed by atoms with E-state index < -0.39 is 54.0 Å². The van der Waals surface area contributed by atoms with Crippen LogP contribution < -0.4 is 59.3 Å². The number of nitrogens with zero attached hydrogens (tertiary/aromatic N) is 4. The molecule has 0 aromatic carbocycles. The number of hydroxylamine groups is 2. The molecule has 0 radical (unpaired) electrons. The normalized spacial score (nSPS) is 21.5. The predicted molar refractivity (Wildman–Crippen MR) is 402 cm³/mol. The van der Waals surface area contributed by atoms with Crippen LogP contribution in [0.5, 0.6) is 0 Å². The number of nitrogens with two attached hydrogens (primary N) is 2. The highest BCUT2D eigenvalue weighted by molar-refractivity contribution is 8.00. The average molecular weight is 1650 g/mol. The Labute approximate surface area is 653 Å². The Hall–Kier alpha value is -6.81. The van der Waals surface area contributed by atoms with Crippen LogP contribution in [-0.2, 0) is 62.4 Å². The number of aliphatic imine (C=N–C) groups is 3. The first-order valence-electron chi connectivity index (χ1n) is 38.7. The highest BCUT2D eigenvalue weighted by Gasteiger charge is 2.48. The van der Waals surface area contributed by atoms with E-state index in [1.165, 1.54) is 0 Å². The van der Waals surface area contributed by atoms with E-state index in [0.717, 1.165) is 122 Å². The second-order valence-corrected chi connectivity index (χ2v) is 32.0. The maximum Gasteiger partial charge on any atom is 0.471 e. The summed E-state index contributed by atoms with van der Waals surface area (Å²) in [7, 11) is 0. The van der Waals surface area contributed by atoms with Gasteiger partial charge < -0.3 is 48.2 Å². The third-order valence-corrected chi connectivity index (χ3v) is 23.5. The van der Waals surface area contributed by atoms with Crippen LogP contribution in [0.25, 0.3) is 0 Å². The van der Waals surface area contributed by atoms with Gasteiger partial charge in [0.05, 0.1) is 36.3 Å². The fourth-order valence-electron chi connectivity index (χ4n) is 13.0. The number of carbonyl (C=O) groups excluding carboxylic acids is 12. The third kappa shape index (κ3) is 37.4. The summed E-state index contributed by atoms with van der Waals surface area (Å²) in [4.78, 5) is 157. The van der Waals surface area contributed by atoms with Gasteiger partial charge in [-0.1, -0.05) is 51.4 Å². The first kappa shape index (κ1) is 94.8. The van der Waals surface area contributed by atoms with Gasteiger partial charge in [0.25, 0.3) is 11.8 Å². The van der Waals surface area contributed by atoms with Crippen LogP contribution in [0.2, 0.25) is 0 Å². The van der Waals surface area contributed by atoms with Crippen molar-refractivity contribution in [2.75, 3.05) is 50.0 Å². The highest BCUT2D eigenvalue weighted by Crippen LogP contribution is 2.38. The molecule has 8 amide bonds. The van der Waals surface area contributed by atoms with E-state index in [1.807, 2.05) is 0 Å². The predicted octanol–water partition coefficient (Wildman–Crippen LogP) is 7.27. The Morgan fingerprint density at radius 1 is 0.405 bits per heavy atom. The molecule has 7 aliphatic heterocycles. The number of amides is 8. The largest absolute Gasteiger partial charge is 0.471 e. The van der Waals surface area contributed by atoms with E-state index in [9.17, 15) is 97.0 Å². The van der Waals surface area contributed by atoms with Crippen molar-refractivity contribution in [2.24, 2.45) is 26.4 Å². The minimum Gasteiger partial charge on any atom is -0.356 e. The summed E-state index contributed by atoms with van der Waals surface area (Å²) in [5.74, 6) is -5.74. The first-order valence-corrected chi connectivity index (χ1v) is 41.8. The Balaban J connectivity index is 0.000000367. The molecule has 0 aromatic heterocycles. The molecule has 0 aliphatic carbocycles. The van der Waals surface area contributed by atoms with Crippen molar-refractivity contribution in [2.45, 2.75) is 302 Å². The zero-order chi connectivity index (χ0) is 81.4. The van der Waals surface area contributed by atoms with E-state index in [1.54, 1.807) is 51.2 Å². The number of alkyl halides is 9. The van der Waals surface area contributed by atoms with Crippen molar-refractivity contribution in [1.82, 2.24) is 52.9 Å². The number of guanidine groups is 3. The molecular formula is C71H110F9N15O13S3. The molecule has 7 rings (SSSR count).